The summed E-state index contributed by atoms with van der Waals surface area (Å²) in [7, 11) is 0. The van der Waals surface area contributed by atoms with E-state index in [1.54, 1.807) is 0 Å². The number of hydrogen-bond acceptors (Lipinski definition) is 3. The Morgan fingerprint density at radius 2 is 1.95 bits per heavy atom. The van der Waals surface area contributed by atoms with Gasteiger partial charge >= 0.3 is 0 Å². The van der Waals surface area contributed by atoms with Crippen molar-refractivity contribution >= 4 is 0 Å². The predicted octanol–water partition coefficient (Wildman–Crippen LogP) is 2.85. The van der Waals surface area contributed by atoms with Crippen LogP contribution in [0.5, 0.6) is 5.75 Å². The lowest BCUT2D eigenvalue weighted by atomic mass is 9.93. The quantitative estimate of drug-likeness (QED) is 0.878. The maximum absolute atomic E-state index is 10.8. The van der Waals surface area contributed by atoms with Crippen molar-refractivity contribution in [3.8, 4) is 5.75 Å². The third-order valence-electron chi connectivity index (χ3n) is 4.89. The summed E-state index contributed by atoms with van der Waals surface area (Å²) < 4.78 is 5.90. The van der Waals surface area contributed by atoms with Crippen LogP contribution < -0.4 is 4.74 Å². The van der Waals surface area contributed by atoms with Crippen LogP contribution in [0.2, 0.25) is 0 Å². The molecule has 2 heterocycles. The molecule has 0 bridgehead atoms. The zero-order valence-electron chi connectivity index (χ0n) is 12.8. The minimum atomic E-state index is -0.478. The van der Waals surface area contributed by atoms with Crippen LogP contribution in [0.1, 0.15) is 28.4 Å². The van der Waals surface area contributed by atoms with Gasteiger partial charge in [0, 0.05) is 18.7 Å². The Labute approximate surface area is 131 Å². The molecule has 2 aliphatic heterocycles. The Morgan fingerprint density at radius 3 is 2.82 bits per heavy atom. The Morgan fingerprint density at radius 1 is 1.14 bits per heavy atom. The maximum Gasteiger partial charge on any atom is 0.125 e. The van der Waals surface area contributed by atoms with Crippen molar-refractivity contribution in [1.29, 1.82) is 0 Å². The third-order valence-corrected chi connectivity index (χ3v) is 4.89. The highest BCUT2D eigenvalue weighted by Gasteiger charge is 2.35. The molecular formula is C19H21NO2. The molecule has 0 saturated heterocycles. The van der Waals surface area contributed by atoms with Gasteiger partial charge in [-0.3, -0.25) is 4.90 Å². The van der Waals surface area contributed by atoms with E-state index in [-0.39, 0.29) is 6.04 Å². The van der Waals surface area contributed by atoms with Gasteiger partial charge in [-0.2, -0.15) is 0 Å². The molecule has 0 radical (unpaired) electrons. The molecule has 3 heteroatoms. The van der Waals surface area contributed by atoms with Crippen molar-refractivity contribution in [1.82, 2.24) is 4.90 Å². The summed E-state index contributed by atoms with van der Waals surface area (Å²) in [5, 5.41) is 10.8. The van der Waals surface area contributed by atoms with Crippen LogP contribution in [0.4, 0.5) is 0 Å². The largest absolute Gasteiger partial charge is 0.491 e. The minimum absolute atomic E-state index is 0.0302. The predicted molar refractivity (Wildman–Crippen MR) is 86.0 cm³/mol. The number of benzene rings is 2. The lowest BCUT2D eigenvalue weighted by Crippen LogP contribution is -2.47. The van der Waals surface area contributed by atoms with E-state index in [1.165, 1.54) is 11.1 Å². The Bertz CT molecular complexity index is 698. The summed E-state index contributed by atoms with van der Waals surface area (Å²) in [6.07, 6.45) is 0.564. The topological polar surface area (TPSA) is 32.7 Å². The van der Waals surface area contributed by atoms with Gasteiger partial charge in [-0.1, -0.05) is 35.9 Å². The standard InChI is InChI=1S/C19H21NO2/c1-13-6-7-18-16(10-13)19(21)17(12-22-18)20-9-8-14-4-2-3-5-15(14)11-20/h2-7,10,17,19,21H,8-9,11-12H2,1H3. The summed E-state index contributed by atoms with van der Waals surface area (Å²) in [5.74, 6) is 0.826. The molecule has 114 valence electrons. The van der Waals surface area contributed by atoms with E-state index in [9.17, 15) is 5.11 Å². The molecule has 0 spiro atoms. The number of aliphatic hydroxyl groups excluding tert-OH is 1. The van der Waals surface area contributed by atoms with Crippen LogP contribution in [0.3, 0.4) is 0 Å². The van der Waals surface area contributed by atoms with Gasteiger partial charge in [0.25, 0.3) is 0 Å². The monoisotopic (exact) mass is 295 g/mol. The van der Waals surface area contributed by atoms with Gasteiger partial charge in [-0.15, -0.1) is 0 Å². The number of nitrogens with zero attached hydrogens (tertiary/aromatic N) is 1. The van der Waals surface area contributed by atoms with Crippen LogP contribution in [0.15, 0.2) is 42.5 Å². The molecule has 0 aromatic heterocycles. The summed E-state index contributed by atoms with van der Waals surface area (Å²) >= 11 is 0. The molecule has 0 amide bonds. The molecule has 2 atom stereocenters. The normalized spacial score (nSPS) is 24.3. The number of ether oxygens (including phenoxy) is 1. The smallest absolute Gasteiger partial charge is 0.125 e. The van der Waals surface area contributed by atoms with Crippen LogP contribution in [0, 0.1) is 6.92 Å². The number of aliphatic hydroxyl groups is 1. The molecule has 2 aromatic rings. The van der Waals surface area contributed by atoms with E-state index < -0.39 is 6.10 Å². The second kappa shape index (κ2) is 5.41. The first-order valence-corrected chi connectivity index (χ1v) is 7.94. The average Bonchev–Trinajstić information content (AvgIpc) is 2.55. The first-order valence-electron chi connectivity index (χ1n) is 7.94. The van der Waals surface area contributed by atoms with Gasteiger partial charge in [0.2, 0.25) is 0 Å². The van der Waals surface area contributed by atoms with Crippen molar-refractivity contribution in [2.45, 2.75) is 32.0 Å². The number of hydrogen-bond donors (Lipinski definition) is 1. The molecule has 0 saturated carbocycles. The fraction of sp³-hybridized carbons (Fsp3) is 0.368. The van der Waals surface area contributed by atoms with Crippen molar-refractivity contribution in [3.63, 3.8) is 0 Å². The van der Waals surface area contributed by atoms with Crippen LogP contribution in [0.25, 0.3) is 0 Å². The second-order valence-corrected chi connectivity index (χ2v) is 6.35. The third kappa shape index (κ3) is 2.31. The van der Waals surface area contributed by atoms with Crippen LogP contribution >= 0.6 is 0 Å². The highest BCUT2D eigenvalue weighted by Crippen LogP contribution is 2.36. The van der Waals surface area contributed by atoms with Crippen molar-refractivity contribution in [3.05, 3.63) is 64.7 Å². The maximum atomic E-state index is 10.8. The van der Waals surface area contributed by atoms with Crippen molar-refractivity contribution in [2.75, 3.05) is 13.2 Å². The lowest BCUT2D eigenvalue weighted by molar-refractivity contribution is -0.00289. The van der Waals surface area contributed by atoms with E-state index in [2.05, 4.69) is 29.2 Å². The van der Waals surface area contributed by atoms with Gasteiger partial charge in [0.1, 0.15) is 18.5 Å². The highest BCUT2D eigenvalue weighted by molar-refractivity contribution is 5.41. The van der Waals surface area contributed by atoms with Crippen molar-refractivity contribution < 1.29 is 9.84 Å². The summed E-state index contributed by atoms with van der Waals surface area (Å²) in [6.45, 7) is 4.47. The molecule has 2 aromatic carbocycles. The second-order valence-electron chi connectivity index (χ2n) is 6.35. The molecule has 0 aliphatic carbocycles. The van der Waals surface area contributed by atoms with E-state index in [0.29, 0.717) is 6.61 Å². The lowest BCUT2D eigenvalue weighted by Gasteiger charge is -2.40. The van der Waals surface area contributed by atoms with Crippen LogP contribution in [-0.2, 0) is 13.0 Å². The molecule has 1 N–H and O–H groups in total. The highest BCUT2D eigenvalue weighted by atomic mass is 16.5. The first-order chi connectivity index (χ1) is 10.7. The Hall–Kier alpha value is -1.84. The molecule has 0 fully saturated rings. The van der Waals surface area contributed by atoms with Gasteiger partial charge < -0.3 is 9.84 Å². The van der Waals surface area contributed by atoms with E-state index >= 15 is 0 Å². The Kier molecular flexibility index (Phi) is 3.40. The average molecular weight is 295 g/mol. The zero-order valence-corrected chi connectivity index (χ0v) is 12.8. The summed E-state index contributed by atoms with van der Waals surface area (Å²) in [6, 6.07) is 14.7. The molecule has 4 rings (SSSR count). The van der Waals surface area contributed by atoms with Crippen LogP contribution in [-0.4, -0.2) is 29.2 Å². The molecule has 22 heavy (non-hydrogen) atoms. The van der Waals surface area contributed by atoms with Gasteiger partial charge in [-0.25, -0.2) is 0 Å². The van der Waals surface area contributed by atoms with Gasteiger partial charge in [0.05, 0.1) is 6.04 Å². The fourth-order valence-electron chi connectivity index (χ4n) is 3.61. The van der Waals surface area contributed by atoms with E-state index in [0.717, 1.165) is 36.4 Å². The van der Waals surface area contributed by atoms with E-state index in [4.69, 9.17) is 4.74 Å². The first kappa shape index (κ1) is 13.8. The summed E-state index contributed by atoms with van der Waals surface area (Å²) in [4.78, 5) is 2.36. The number of fused-ring (bicyclic) bond motifs is 2. The Balaban J connectivity index is 1.60. The number of aryl methyl sites for hydroxylation is 1. The van der Waals surface area contributed by atoms with Gasteiger partial charge in [-0.05, 0) is 36.6 Å². The zero-order chi connectivity index (χ0) is 15.1. The molecular weight excluding hydrogens is 274 g/mol. The van der Waals surface area contributed by atoms with Gasteiger partial charge in [0.15, 0.2) is 0 Å². The minimum Gasteiger partial charge on any atom is -0.491 e. The van der Waals surface area contributed by atoms with E-state index in [1.807, 2.05) is 25.1 Å². The molecule has 2 aliphatic rings. The fourth-order valence-corrected chi connectivity index (χ4v) is 3.61. The summed E-state index contributed by atoms with van der Waals surface area (Å²) in [5.41, 5.74) is 4.89. The SMILES string of the molecule is Cc1ccc2c(c1)C(O)C(N1CCc3ccccc3C1)CO2. The number of rotatable bonds is 1. The molecule has 2 unspecified atom stereocenters. The molecule has 3 nitrogen and oxygen atoms in total. The van der Waals surface area contributed by atoms with Crippen molar-refractivity contribution in [2.24, 2.45) is 0 Å².